The van der Waals surface area contributed by atoms with Gasteiger partial charge in [0.25, 0.3) is 5.91 Å². The van der Waals surface area contributed by atoms with Crippen LogP contribution < -0.4 is 5.32 Å². The second-order valence-corrected chi connectivity index (χ2v) is 4.72. The lowest BCUT2D eigenvalue weighted by Gasteiger charge is -2.27. The van der Waals surface area contributed by atoms with Crippen molar-refractivity contribution < 1.29 is 19.2 Å². The van der Waals surface area contributed by atoms with Gasteiger partial charge in [0.15, 0.2) is 5.60 Å². The summed E-state index contributed by atoms with van der Waals surface area (Å²) < 4.78 is 5.12. The van der Waals surface area contributed by atoms with Crippen LogP contribution in [-0.2, 0) is 20.9 Å². The average molecular weight is 280 g/mol. The smallest absolute Gasteiger partial charge is 0.408 e. The molecule has 6 nitrogen and oxygen atoms in total. The number of amides is 2. The number of likely N-dealkylation sites (N-methyl/N-ethyl adjacent to an activating group) is 1. The van der Waals surface area contributed by atoms with Crippen LogP contribution in [0.2, 0.25) is 0 Å². The molecule has 0 unspecified atom stereocenters. The van der Waals surface area contributed by atoms with Crippen LogP contribution in [0.5, 0.6) is 0 Å². The van der Waals surface area contributed by atoms with Crippen molar-refractivity contribution in [1.82, 2.24) is 10.4 Å². The summed E-state index contributed by atoms with van der Waals surface area (Å²) in [6, 6.07) is 9.42. The highest BCUT2D eigenvalue weighted by Gasteiger charge is 2.35. The SMILES string of the molecule is CON(C)C(=O)C(C)(C)OC(=O)NCc1ccccc1. The summed E-state index contributed by atoms with van der Waals surface area (Å²) in [4.78, 5) is 28.4. The third-order valence-corrected chi connectivity index (χ3v) is 2.70. The van der Waals surface area contributed by atoms with Crippen LogP contribution >= 0.6 is 0 Å². The summed E-state index contributed by atoms with van der Waals surface area (Å²) in [5.74, 6) is -0.449. The van der Waals surface area contributed by atoms with Gasteiger partial charge in [0.05, 0.1) is 7.11 Å². The van der Waals surface area contributed by atoms with Gasteiger partial charge in [-0.25, -0.2) is 9.86 Å². The molecule has 1 aromatic carbocycles. The fraction of sp³-hybridized carbons (Fsp3) is 0.429. The fourth-order valence-corrected chi connectivity index (χ4v) is 1.54. The van der Waals surface area contributed by atoms with Crippen LogP contribution in [0, 0.1) is 0 Å². The molecule has 0 aliphatic rings. The maximum Gasteiger partial charge on any atom is 0.408 e. The molecule has 110 valence electrons. The molecule has 1 N–H and O–H groups in total. The molecule has 0 saturated heterocycles. The van der Waals surface area contributed by atoms with Crippen LogP contribution in [-0.4, -0.2) is 36.8 Å². The molecule has 0 saturated carbocycles. The molecule has 1 rings (SSSR count). The second-order valence-electron chi connectivity index (χ2n) is 4.72. The Kier molecular flexibility index (Phi) is 5.52. The Morgan fingerprint density at radius 1 is 1.25 bits per heavy atom. The molecule has 6 heteroatoms. The predicted molar refractivity (Wildman–Crippen MR) is 73.6 cm³/mol. The summed E-state index contributed by atoms with van der Waals surface area (Å²) in [6.45, 7) is 3.35. The Hall–Kier alpha value is -2.08. The van der Waals surface area contributed by atoms with Crippen molar-refractivity contribution in [3.8, 4) is 0 Å². The van der Waals surface area contributed by atoms with Gasteiger partial charge in [-0.05, 0) is 19.4 Å². The van der Waals surface area contributed by atoms with Crippen molar-refractivity contribution in [3.05, 3.63) is 35.9 Å². The van der Waals surface area contributed by atoms with E-state index in [1.807, 2.05) is 30.3 Å². The topological polar surface area (TPSA) is 67.9 Å². The largest absolute Gasteiger partial charge is 0.433 e. The molecule has 0 aromatic heterocycles. The number of carbonyl (C=O) groups is 2. The lowest BCUT2D eigenvalue weighted by molar-refractivity contribution is -0.185. The minimum Gasteiger partial charge on any atom is -0.433 e. The van der Waals surface area contributed by atoms with Crippen LogP contribution in [0.3, 0.4) is 0 Å². The highest BCUT2D eigenvalue weighted by Crippen LogP contribution is 2.13. The van der Waals surface area contributed by atoms with Gasteiger partial charge >= 0.3 is 6.09 Å². The molecular formula is C14H20N2O4. The lowest BCUT2D eigenvalue weighted by atomic mass is 10.1. The van der Waals surface area contributed by atoms with Crippen molar-refractivity contribution in [1.29, 1.82) is 0 Å². The zero-order chi connectivity index (χ0) is 15.2. The number of alkyl carbamates (subject to hydrolysis) is 1. The molecule has 1 aromatic rings. The van der Waals surface area contributed by atoms with Gasteiger partial charge in [-0.2, -0.15) is 0 Å². The first-order chi connectivity index (χ1) is 9.36. The number of nitrogens with one attached hydrogen (secondary N) is 1. The summed E-state index contributed by atoms with van der Waals surface area (Å²) in [5.41, 5.74) is -0.353. The van der Waals surface area contributed by atoms with Gasteiger partial charge < -0.3 is 10.1 Å². The summed E-state index contributed by atoms with van der Waals surface area (Å²) >= 11 is 0. The molecular weight excluding hydrogens is 260 g/mol. The molecule has 0 bridgehead atoms. The Bertz CT molecular complexity index is 460. The first-order valence-corrected chi connectivity index (χ1v) is 6.20. The van der Waals surface area contributed by atoms with Crippen molar-refractivity contribution >= 4 is 12.0 Å². The Labute approximate surface area is 118 Å². The van der Waals surface area contributed by atoms with Gasteiger partial charge in [-0.15, -0.1) is 0 Å². The number of carbonyl (C=O) groups excluding carboxylic acids is 2. The van der Waals surface area contributed by atoms with E-state index in [1.165, 1.54) is 28.0 Å². The van der Waals surface area contributed by atoms with Gasteiger partial charge in [-0.3, -0.25) is 9.63 Å². The molecule has 0 atom stereocenters. The van der Waals surface area contributed by atoms with E-state index in [2.05, 4.69) is 5.32 Å². The monoisotopic (exact) mass is 280 g/mol. The van der Waals surface area contributed by atoms with Gasteiger partial charge in [0.1, 0.15) is 0 Å². The van der Waals surface area contributed by atoms with Crippen molar-refractivity contribution in [3.63, 3.8) is 0 Å². The fourth-order valence-electron chi connectivity index (χ4n) is 1.54. The van der Waals surface area contributed by atoms with Crippen LogP contribution in [0.25, 0.3) is 0 Å². The third-order valence-electron chi connectivity index (χ3n) is 2.70. The standard InChI is InChI=1S/C14H20N2O4/c1-14(2,12(17)16(3)19-4)20-13(18)15-10-11-8-6-5-7-9-11/h5-9H,10H2,1-4H3,(H,15,18). The third kappa shape index (κ3) is 4.55. The molecule has 0 aliphatic heterocycles. The Morgan fingerprint density at radius 3 is 2.40 bits per heavy atom. The van der Waals surface area contributed by atoms with Crippen LogP contribution in [0.15, 0.2) is 30.3 Å². The Morgan fingerprint density at radius 2 is 1.85 bits per heavy atom. The number of ether oxygens (including phenoxy) is 1. The lowest BCUT2D eigenvalue weighted by Crippen LogP contribution is -2.47. The van der Waals surface area contributed by atoms with E-state index in [4.69, 9.17) is 9.57 Å². The van der Waals surface area contributed by atoms with E-state index >= 15 is 0 Å². The minimum atomic E-state index is -1.30. The number of hydroxylamine groups is 2. The van der Waals surface area contributed by atoms with E-state index in [1.54, 1.807) is 0 Å². The van der Waals surface area contributed by atoms with Crippen LogP contribution in [0.1, 0.15) is 19.4 Å². The number of hydrogen-bond donors (Lipinski definition) is 1. The number of hydrogen-bond acceptors (Lipinski definition) is 4. The summed E-state index contributed by atoms with van der Waals surface area (Å²) in [6.07, 6.45) is -0.656. The first-order valence-electron chi connectivity index (χ1n) is 6.20. The second kappa shape index (κ2) is 6.91. The van der Waals surface area contributed by atoms with Gasteiger partial charge in [-0.1, -0.05) is 30.3 Å². The molecule has 0 heterocycles. The van der Waals surface area contributed by atoms with E-state index in [0.717, 1.165) is 10.6 Å². The van der Waals surface area contributed by atoms with Crippen molar-refractivity contribution in [2.75, 3.05) is 14.2 Å². The zero-order valence-electron chi connectivity index (χ0n) is 12.2. The molecule has 2 amide bonds. The predicted octanol–water partition coefficient (Wildman–Crippen LogP) is 1.71. The van der Waals surface area contributed by atoms with Crippen molar-refractivity contribution in [2.24, 2.45) is 0 Å². The molecule has 0 spiro atoms. The number of benzene rings is 1. The zero-order valence-corrected chi connectivity index (χ0v) is 12.2. The quantitative estimate of drug-likeness (QED) is 0.834. The highest BCUT2D eigenvalue weighted by molar-refractivity contribution is 5.85. The molecule has 0 radical (unpaired) electrons. The van der Waals surface area contributed by atoms with Crippen molar-refractivity contribution in [2.45, 2.75) is 26.0 Å². The van der Waals surface area contributed by atoms with Crippen LogP contribution in [0.4, 0.5) is 4.79 Å². The number of rotatable bonds is 5. The molecule has 20 heavy (non-hydrogen) atoms. The normalized spacial score (nSPS) is 10.8. The summed E-state index contributed by atoms with van der Waals surface area (Å²) in [5, 5.41) is 3.61. The molecule has 0 fully saturated rings. The maximum absolute atomic E-state index is 11.9. The minimum absolute atomic E-state index is 0.337. The average Bonchev–Trinajstić information content (AvgIpc) is 2.44. The van der Waals surface area contributed by atoms with E-state index in [9.17, 15) is 9.59 Å². The molecule has 0 aliphatic carbocycles. The van der Waals surface area contributed by atoms with Gasteiger partial charge in [0, 0.05) is 13.6 Å². The number of nitrogens with zero attached hydrogens (tertiary/aromatic N) is 1. The van der Waals surface area contributed by atoms with Gasteiger partial charge in [0.2, 0.25) is 0 Å². The van der Waals surface area contributed by atoms with E-state index in [0.29, 0.717) is 6.54 Å². The summed E-state index contributed by atoms with van der Waals surface area (Å²) in [7, 11) is 2.82. The Balaban J connectivity index is 2.51. The first kappa shape index (κ1) is 16.0. The highest BCUT2D eigenvalue weighted by atomic mass is 16.7. The van der Waals surface area contributed by atoms with E-state index < -0.39 is 17.6 Å². The van der Waals surface area contributed by atoms with E-state index in [-0.39, 0.29) is 0 Å². The maximum atomic E-state index is 11.9.